The van der Waals surface area contributed by atoms with Gasteiger partial charge in [-0.25, -0.2) is 8.42 Å². The number of likely N-dealkylation sites (tertiary alicyclic amines) is 1. The van der Waals surface area contributed by atoms with Crippen LogP contribution in [-0.4, -0.2) is 54.9 Å². The monoisotopic (exact) mass is 445 g/mol. The maximum atomic E-state index is 13.4. The maximum absolute atomic E-state index is 13.4. The molecule has 2 aliphatic rings. The molecule has 1 heterocycles. The van der Waals surface area contributed by atoms with Crippen LogP contribution in [0.25, 0.3) is 0 Å². The van der Waals surface area contributed by atoms with Gasteiger partial charge in [0.15, 0.2) is 14.6 Å². The Bertz CT molecular complexity index is 1020. The van der Waals surface area contributed by atoms with Gasteiger partial charge in [-0.3, -0.25) is 4.79 Å². The van der Waals surface area contributed by atoms with Crippen molar-refractivity contribution in [2.75, 3.05) is 19.7 Å². The van der Waals surface area contributed by atoms with E-state index in [4.69, 9.17) is 9.47 Å². The van der Waals surface area contributed by atoms with Crippen molar-refractivity contribution in [1.29, 1.82) is 0 Å². The lowest BCUT2D eigenvalue weighted by atomic mass is 9.95. The van der Waals surface area contributed by atoms with Crippen LogP contribution in [0.4, 0.5) is 0 Å². The largest absolute Gasteiger partial charge is 0.494 e. The number of hydrogen-bond acceptors (Lipinski definition) is 6. The summed E-state index contributed by atoms with van der Waals surface area (Å²) in [4.78, 5) is 14.4. The lowest BCUT2D eigenvalue weighted by Gasteiger charge is -2.38. The van der Waals surface area contributed by atoms with Crippen LogP contribution in [-0.2, 0) is 14.6 Å². The highest BCUT2D eigenvalue weighted by atomic mass is 32.2. The van der Waals surface area contributed by atoms with Gasteiger partial charge in [-0.15, -0.1) is 0 Å². The molecule has 0 aromatic heterocycles. The number of hydrogen-bond donors (Lipinski definition) is 1. The molecule has 0 spiro atoms. The first kappa shape index (κ1) is 21.6. The van der Waals surface area contributed by atoms with E-state index in [1.54, 1.807) is 36.4 Å². The number of nitrogens with zero attached hydrogens (tertiary/aromatic N) is 1. The molecule has 31 heavy (non-hydrogen) atoms. The van der Waals surface area contributed by atoms with E-state index in [2.05, 4.69) is 4.90 Å². The molecular formula is C23H27NO6S. The summed E-state index contributed by atoms with van der Waals surface area (Å²) in [5.74, 6) is 0.533. The molecule has 2 fully saturated rings. The average molecular weight is 446 g/mol. The van der Waals surface area contributed by atoms with Gasteiger partial charge in [0.1, 0.15) is 17.2 Å². The second kappa shape index (κ2) is 8.51. The zero-order valence-electron chi connectivity index (χ0n) is 17.5. The number of rotatable bonds is 8. The first-order valence-electron chi connectivity index (χ1n) is 10.6. The second-order valence-corrected chi connectivity index (χ2v) is 10.3. The lowest BCUT2D eigenvalue weighted by Crippen LogP contribution is -2.54. The first-order valence-corrected chi connectivity index (χ1v) is 12.1. The minimum atomic E-state index is -4.05. The zero-order valence-corrected chi connectivity index (χ0v) is 18.3. The van der Waals surface area contributed by atoms with E-state index in [9.17, 15) is 18.3 Å². The quantitative estimate of drug-likeness (QED) is 0.662. The fourth-order valence-electron chi connectivity index (χ4n) is 4.11. The van der Waals surface area contributed by atoms with Crippen molar-refractivity contribution in [1.82, 2.24) is 4.90 Å². The molecular weight excluding hydrogens is 418 g/mol. The molecule has 166 valence electrons. The molecule has 7 nitrogen and oxygen atoms in total. The number of sulfone groups is 1. The smallest absolute Gasteiger partial charge is 0.325 e. The van der Waals surface area contributed by atoms with Gasteiger partial charge in [0.2, 0.25) is 0 Å². The summed E-state index contributed by atoms with van der Waals surface area (Å²) in [6, 6.07) is 13.6. The molecule has 1 N–H and O–H groups in total. The van der Waals surface area contributed by atoms with Crippen LogP contribution in [0.15, 0.2) is 53.4 Å². The van der Waals surface area contributed by atoms with E-state index < -0.39 is 20.6 Å². The summed E-state index contributed by atoms with van der Waals surface area (Å²) in [5.41, 5.74) is 0. The van der Waals surface area contributed by atoms with Gasteiger partial charge in [-0.2, -0.15) is 0 Å². The van der Waals surface area contributed by atoms with Crippen molar-refractivity contribution in [2.45, 2.75) is 48.3 Å². The number of benzene rings is 2. The fourth-order valence-corrected chi connectivity index (χ4v) is 6.00. The Morgan fingerprint density at radius 3 is 2.00 bits per heavy atom. The number of carbonyl (C=O) groups is 1. The molecule has 0 unspecified atom stereocenters. The first-order chi connectivity index (χ1) is 14.9. The number of carboxylic acid groups (broad SMARTS) is 1. The van der Waals surface area contributed by atoms with Gasteiger partial charge in [-0.05, 0) is 81.1 Å². The number of piperidine rings is 1. The van der Waals surface area contributed by atoms with Crippen molar-refractivity contribution >= 4 is 15.8 Å². The third-order valence-electron chi connectivity index (χ3n) is 6.08. The molecule has 1 aliphatic carbocycles. The topological polar surface area (TPSA) is 93.1 Å². The summed E-state index contributed by atoms with van der Waals surface area (Å²) in [5, 5.41) is 9.90. The predicted molar refractivity (Wildman–Crippen MR) is 116 cm³/mol. The van der Waals surface area contributed by atoms with E-state index in [1.807, 2.05) is 6.92 Å². The van der Waals surface area contributed by atoms with Crippen LogP contribution in [0, 0.1) is 0 Å². The fraction of sp³-hybridized carbons (Fsp3) is 0.435. The predicted octanol–water partition coefficient (Wildman–Crippen LogP) is 3.73. The molecule has 0 atom stereocenters. The van der Waals surface area contributed by atoms with Crippen molar-refractivity contribution in [2.24, 2.45) is 0 Å². The summed E-state index contributed by atoms with van der Waals surface area (Å²) in [7, 11) is -4.05. The third kappa shape index (κ3) is 4.27. The molecule has 1 saturated carbocycles. The Morgan fingerprint density at radius 2 is 1.52 bits per heavy atom. The summed E-state index contributed by atoms with van der Waals surface area (Å²) in [6.45, 7) is 3.47. The Hall–Kier alpha value is -2.58. The molecule has 0 bridgehead atoms. The standard InChI is InChI=1S/C23H27NO6S/c1-2-29-18-5-7-19(8-6-18)30-20-9-11-21(12-10-20)31(27,28)23(22(25)26)13-15-24(16-14-23)17-3-4-17/h5-12,17H,2-4,13-16H2,1H3,(H,25,26). The van der Waals surface area contributed by atoms with Crippen LogP contribution in [0.5, 0.6) is 17.2 Å². The molecule has 1 aliphatic heterocycles. The van der Waals surface area contributed by atoms with Crippen LogP contribution < -0.4 is 9.47 Å². The highest BCUT2D eigenvalue weighted by Crippen LogP contribution is 2.39. The van der Waals surface area contributed by atoms with Gasteiger partial charge in [0, 0.05) is 19.1 Å². The summed E-state index contributed by atoms with van der Waals surface area (Å²) < 4.78 is 36.1. The molecule has 1 saturated heterocycles. The number of aliphatic carboxylic acids is 1. The van der Waals surface area contributed by atoms with Crippen LogP contribution in [0.3, 0.4) is 0 Å². The zero-order chi connectivity index (χ0) is 22.1. The van der Waals surface area contributed by atoms with Crippen molar-refractivity contribution in [3.8, 4) is 17.2 Å². The van der Waals surface area contributed by atoms with Gasteiger partial charge >= 0.3 is 5.97 Å². The highest BCUT2D eigenvalue weighted by Gasteiger charge is 2.54. The van der Waals surface area contributed by atoms with E-state index in [1.165, 1.54) is 12.1 Å². The SMILES string of the molecule is CCOc1ccc(Oc2ccc(S(=O)(=O)C3(C(=O)O)CCN(C4CC4)CC3)cc2)cc1. The molecule has 2 aromatic rings. The van der Waals surface area contributed by atoms with Crippen molar-refractivity contribution < 1.29 is 27.8 Å². The molecule has 0 radical (unpaired) electrons. The Balaban J connectivity index is 1.50. The van der Waals surface area contributed by atoms with E-state index in [-0.39, 0.29) is 17.7 Å². The average Bonchev–Trinajstić information content (AvgIpc) is 3.61. The number of ether oxygens (including phenoxy) is 2. The Labute approximate surface area is 182 Å². The lowest BCUT2D eigenvalue weighted by molar-refractivity contribution is -0.141. The van der Waals surface area contributed by atoms with Crippen molar-refractivity contribution in [3.63, 3.8) is 0 Å². The van der Waals surface area contributed by atoms with Gasteiger partial charge in [0.25, 0.3) is 0 Å². The second-order valence-electron chi connectivity index (χ2n) is 8.05. The molecule has 2 aromatic carbocycles. The summed E-state index contributed by atoms with van der Waals surface area (Å²) >= 11 is 0. The number of carboxylic acids is 1. The normalized spacial score (nSPS) is 19.0. The van der Waals surface area contributed by atoms with Gasteiger partial charge in [-0.1, -0.05) is 0 Å². The van der Waals surface area contributed by atoms with Crippen LogP contribution in [0.1, 0.15) is 32.6 Å². The molecule has 0 amide bonds. The minimum absolute atomic E-state index is 0.00816. The maximum Gasteiger partial charge on any atom is 0.325 e. The van der Waals surface area contributed by atoms with Crippen LogP contribution in [0.2, 0.25) is 0 Å². The Morgan fingerprint density at radius 1 is 1.00 bits per heavy atom. The van der Waals surface area contributed by atoms with Crippen molar-refractivity contribution in [3.05, 3.63) is 48.5 Å². The van der Waals surface area contributed by atoms with Gasteiger partial charge < -0.3 is 19.5 Å². The van der Waals surface area contributed by atoms with E-state index in [0.717, 1.165) is 18.6 Å². The molecule has 4 rings (SSSR count). The van der Waals surface area contributed by atoms with Crippen LogP contribution >= 0.6 is 0 Å². The minimum Gasteiger partial charge on any atom is -0.494 e. The highest BCUT2D eigenvalue weighted by molar-refractivity contribution is 7.93. The third-order valence-corrected chi connectivity index (χ3v) is 8.58. The van der Waals surface area contributed by atoms with Gasteiger partial charge in [0.05, 0.1) is 11.5 Å². The van der Waals surface area contributed by atoms with E-state index >= 15 is 0 Å². The molecule has 8 heteroatoms. The van der Waals surface area contributed by atoms with E-state index in [0.29, 0.717) is 37.2 Å². The summed E-state index contributed by atoms with van der Waals surface area (Å²) in [6.07, 6.45) is 2.43. The Kier molecular flexibility index (Phi) is 5.94.